The van der Waals surface area contributed by atoms with Crippen molar-refractivity contribution in [2.45, 2.75) is 6.92 Å². The minimum absolute atomic E-state index is 0.293. The summed E-state index contributed by atoms with van der Waals surface area (Å²) < 4.78 is 5.61. The van der Waals surface area contributed by atoms with E-state index in [0.29, 0.717) is 29.2 Å². The van der Waals surface area contributed by atoms with Crippen molar-refractivity contribution in [3.63, 3.8) is 0 Å². The van der Waals surface area contributed by atoms with Crippen LogP contribution in [0.4, 0.5) is 10.5 Å². The maximum absolute atomic E-state index is 12.3. The molecule has 112 valence electrons. The van der Waals surface area contributed by atoms with E-state index in [1.54, 1.807) is 25.1 Å². The summed E-state index contributed by atoms with van der Waals surface area (Å²) in [4.78, 5) is 15.8. The predicted octanol–water partition coefficient (Wildman–Crippen LogP) is 3.62. The molecule has 0 saturated heterocycles. The monoisotopic (exact) mass is 296 g/mol. The first kappa shape index (κ1) is 13.9. The lowest BCUT2D eigenvalue weighted by atomic mass is 10.2. The maximum atomic E-state index is 12.3. The Morgan fingerprint density at radius 2 is 2.05 bits per heavy atom. The van der Waals surface area contributed by atoms with Crippen molar-refractivity contribution in [3.05, 3.63) is 53.7 Å². The Morgan fingerprint density at radius 3 is 2.77 bits per heavy atom. The molecule has 22 heavy (non-hydrogen) atoms. The molecule has 6 nitrogen and oxygen atoms in total. The number of fused-ring (bicyclic) bond motifs is 1. The number of carbonyl (C=O) groups is 1. The first-order valence-corrected chi connectivity index (χ1v) is 6.88. The smallest absolute Gasteiger partial charge is 0.411 e. The zero-order chi connectivity index (χ0) is 15.5. The summed E-state index contributed by atoms with van der Waals surface area (Å²) >= 11 is 0. The van der Waals surface area contributed by atoms with Crippen molar-refractivity contribution in [2.24, 2.45) is 0 Å². The second-order valence-corrected chi connectivity index (χ2v) is 4.64. The summed E-state index contributed by atoms with van der Waals surface area (Å²) in [5.74, 6) is 0.337. The molecule has 0 bridgehead atoms. The van der Waals surface area contributed by atoms with E-state index in [0.717, 1.165) is 10.3 Å². The molecule has 1 aromatic heterocycles. The van der Waals surface area contributed by atoms with E-state index in [4.69, 9.17) is 4.74 Å². The van der Waals surface area contributed by atoms with E-state index in [-0.39, 0.29) is 0 Å². The fraction of sp³-hybridized carbons (Fsp3) is 0.125. The van der Waals surface area contributed by atoms with Crippen molar-refractivity contribution < 1.29 is 9.53 Å². The number of aromatic nitrogens is 2. The molecule has 0 saturated carbocycles. The van der Waals surface area contributed by atoms with E-state index in [1.165, 1.54) is 0 Å². The zero-order valence-electron chi connectivity index (χ0n) is 11.9. The van der Waals surface area contributed by atoms with Gasteiger partial charge in [-0.05, 0) is 25.1 Å². The minimum Gasteiger partial charge on any atom is -0.804 e. The summed E-state index contributed by atoms with van der Waals surface area (Å²) in [6.07, 6.45) is -0.535. The molecule has 1 N–H and O–H groups in total. The Morgan fingerprint density at radius 1 is 1.27 bits per heavy atom. The van der Waals surface area contributed by atoms with E-state index >= 15 is 0 Å². The van der Waals surface area contributed by atoms with Gasteiger partial charge in [0.2, 0.25) is 0 Å². The average Bonchev–Trinajstić information content (AvgIpc) is 2.85. The summed E-state index contributed by atoms with van der Waals surface area (Å²) in [7, 11) is 0. The number of hydrogen-bond donors (Lipinski definition) is 1. The topological polar surface area (TPSA) is 79.2 Å². The number of rotatable bonds is 3. The van der Waals surface area contributed by atoms with Gasteiger partial charge in [-0.3, -0.25) is 5.32 Å². The number of imidazole rings is 1. The Bertz CT molecular complexity index is 812. The van der Waals surface area contributed by atoms with Gasteiger partial charge >= 0.3 is 6.09 Å². The summed E-state index contributed by atoms with van der Waals surface area (Å²) in [5.41, 5.74) is 2.24. The van der Waals surface area contributed by atoms with Crippen LogP contribution in [0.25, 0.3) is 22.4 Å². The molecule has 2 aromatic carbocycles. The quantitative estimate of drug-likeness (QED) is 0.800. The van der Waals surface area contributed by atoms with E-state index in [2.05, 4.69) is 10.3 Å². The van der Waals surface area contributed by atoms with Crippen molar-refractivity contribution in [1.29, 1.82) is 0 Å². The Labute approximate surface area is 126 Å². The summed E-state index contributed by atoms with van der Waals surface area (Å²) in [5, 5.41) is 14.9. The summed E-state index contributed by atoms with van der Waals surface area (Å²) in [6.45, 7) is 2.02. The van der Waals surface area contributed by atoms with Gasteiger partial charge in [-0.25, -0.2) is 9.78 Å². The molecule has 0 unspecified atom stereocenters. The molecule has 3 rings (SSSR count). The van der Waals surface area contributed by atoms with Crippen LogP contribution in [0.15, 0.2) is 48.5 Å². The van der Waals surface area contributed by atoms with Gasteiger partial charge in [0.15, 0.2) is 0 Å². The number of hydrogen-bond acceptors (Lipinski definition) is 4. The number of benzene rings is 2. The lowest BCUT2D eigenvalue weighted by Gasteiger charge is -2.12. The van der Waals surface area contributed by atoms with Crippen LogP contribution in [0.5, 0.6) is 0 Å². The van der Waals surface area contributed by atoms with Gasteiger partial charge in [0.25, 0.3) is 0 Å². The SMILES string of the molecule is CCOC(=O)Nc1ccc2c(c1)nc(-c1ccccc1)n2[O-]. The average molecular weight is 296 g/mol. The van der Waals surface area contributed by atoms with Gasteiger partial charge in [-0.1, -0.05) is 30.3 Å². The third-order valence-corrected chi connectivity index (χ3v) is 3.17. The number of anilines is 1. The highest BCUT2D eigenvalue weighted by atomic mass is 16.5. The zero-order valence-corrected chi connectivity index (χ0v) is 11.9. The van der Waals surface area contributed by atoms with Crippen molar-refractivity contribution >= 4 is 22.8 Å². The summed E-state index contributed by atoms with van der Waals surface area (Å²) in [6, 6.07) is 14.1. The lowest BCUT2D eigenvalue weighted by molar-refractivity contribution is 0.168. The van der Waals surface area contributed by atoms with Crippen LogP contribution < -0.4 is 5.32 Å². The van der Waals surface area contributed by atoms with Crippen LogP contribution in [0.2, 0.25) is 0 Å². The number of amides is 1. The molecule has 0 aliphatic rings. The second kappa shape index (κ2) is 5.77. The van der Waals surface area contributed by atoms with Gasteiger partial charge in [0, 0.05) is 11.3 Å². The molecule has 0 radical (unpaired) electrons. The van der Waals surface area contributed by atoms with Gasteiger partial charge < -0.3 is 14.7 Å². The van der Waals surface area contributed by atoms with Crippen LogP contribution in [0, 0.1) is 5.21 Å². The van der Waals surface area contributed by atoms with Crippen molar-refractivity contribution in [1.82, 2.24) is 9.71 Å². The highest BCUT2D eigenvalue weighted by Gasteiger charge is 2.09. The normalized spacial score (nSPS) is 10.6. The predicted molar refractivity (Wildman–Crippen MR) is 84.6 cm³/mol. The molecular weight excluding hydrogens is 282 g/mol. The fourth-order valence-electron chi connectivity index (χ4n) is 2.19. The highest BCUT2D eigenvalue weighted by molar-refractivity contribution is 5.90. The van der Waals surface area contributed by atoms with Crippen molar-refractivity contribution in [2.75, 3.05) is 11.9 Å². The van der Waals surface area contributed by atoms with Crippen LogP contribution in [0.3, 0.4) is 0 Å². The minimum atomic E-state index is -0.535. The third-order valence-electron chi connectivity index (χ3n) is 3.17. The van der Waals surface area contributed by atoms with Crippen LogP contribution in [0.1, 0.15) is 6.92 Å². The number of nitrogens with one attached hydrogen (secondary N) is 1. The van der Waals surface area contributed by atoms with Gasteiger partial charge in [-0.15, -0.1) is 0 Å². The van der Waals surface area contributed by atoms with Crippen molar-refractivity contribution in [3.8, 4) is 11.4 Å². The van der Waals surface area contributed by atoms with E-state index in [9.17, 15) is 10.0 Å². The number of carbonyl (C=O) groups excluding carboxylic acids is 1. The molecule has 3 aromatic rings. The molecule has 0 aliphatic carbocycles. The molecule has 0 fully saturated rings. The van der Waals surface area contributed by atoms with E-state index < -0.39 is 6.09 Å². The maximum Gasteiger partial charge on any atom is 0.411 e. The van der Waals surface area contributed by atoms with Crippen LogP contribution in [-0.2, 0) is 4.74 Å². The lowest BCUT2D eigenvalue weighted by Crippen LogP contribution is -2.13. The Balaban J connectivity index is 1.98. The second-order valence-electron chi connectivity index (χ2n) is 4.64. The first-order valence-electron chi connectivity index (χ1n) is 6.88. The molecule has 1 heterocycles. The van der Waals surface area contributed by atoms with Crippen LogP contribution in [-0.4, -0.2) is 22.4 Å². The van der Waals surface area contributed by atoms with Gasteiger partial charge in [0.05, 0.1) is 17.6 Å². The standard InChI is InChI=1S/C16H14N3O3/c1-2-22-16(20)17-12-8-9-14-13(10-12)18-15(19(14)21)11-6-4-3-5-7-11/h3-10H,2H2,1H3,(H,17,20)/q-1. The molecule has 0 aliphatic heterocycles. The molecular formula is C16H14N3O3-. The van der Waals surface area contributed by atoms with E-state index in [1.807, 2.05) is 30.3 Å². The third kappa shape index (κ3) is 2.58. The first-order chi connectivity index (χ1) is 10.7. The Kier molecular flexibility index (Phi) is 3.65. The number of ether oxygens (including phenoxy) is 1. The molecule has 1 amide bonds. The number of nitrogens with zero attached hydrogens (tertiary/aromatic N) is 2. The highest BCUT2D eigenvalue weighted by Crippen LogP contribution is 2.25. The largest absolute Gasteiger partial charge is 0.804 e. The molecule has 0 spiro atoms. The Hall–Kier alpha value is -3.02. The molecule has 6 heteroatoms. The van der Waals surface area contributed by atoms with Gasteiger partial charge in [0.1, 0.15) is 5.82 Å². The fourth-order valence-corrected chi connectivity index (χ4v) is 2.19. The van der Waals surface area contributed by atoms with Gasteiger partial charge in [-0.2, -0.15) is 0 Å². The van der Waals surface area contributed by atoms with Crippen LogP contribution >= 0.6 is 0 Å². The molecule has 0 atom stereocenters.